The van der Waals surface area contributed by atoms with E-state index in [-0.39, 0.29) is 21.6 Å². The van der Waals surface area contributed by atoms with Crippen molar-refractivity contribution in [3.8, 4) is 0 Å². The molecule has 1 aromatic heterocycles. The van der Waals surface area contributed by atoms with Gasteiger partial charge in [0.15, 0.2) is 5.03 Å². The Labute approximate surface area is 173 Å². The Balaban J connectivity index is 1.63. The fourth-order valence-corrected chi connectivity index (χ4v) is 4.36. The second-order valence-corrected chi connectivity index (χ2v) is 9.33. The highest BCUT2D eigenvalue weighted by molar-refractivity contribution is 9.10. The number of anilines is 1. The topological polar surface area (TPSA) is 89.0 Å². The summed E-state index contributed by atoms with van der Waals surface area (Å²) in [5.74, 6) is -0.809. The average molecular weight is 482 g/mol. The highest BCUT2D eigenvalue weighted by atomic mass is 79.9. The molecule has 0 bridgehead atoms. The molecular formula is C18H13BrFN3O3S2. The monoisotopic (exact) mass is 481 g/mol. The molecule has 1 N–H and O–H groups in total. The van der Waals surface area contributed by atoms with Crippen molar-refractivity contribution in [2.45, 2.75) is 14.9 Å². The van der Waals surface area contributed by atoms with Crippen molar-refractivity contribution in [2.24, 2.45) is 0 Å². The van der Waals surface area contributed by atoms with Gasteiger partial charge >= 0.3 is 0 Å². The molecule has 3 rings (SSSR count). The zero-order chi connectivity index (χ0) is 20.1. The maximum atomic E-state index is 13.3. The zero-order valence-electron chi connectivity index (χ0n) is 14.2. The summed E-state index contributed by atoms with van der Waals surface area (Å²) in [5, 5.41) is 10.4. The molecule has 0 spiro atoms. The number of hydrogen-bond acceptors (Lipinski definition) is 6. The Bertz CT molecular complexity index is 1110. The third-order valence-corrected chi connectivity index (χ3v) is 6.51. The average Bonchev–Trinajstić information content (AvgIpc) is 2.67. The molecular weight excluding hydrogens is 469 g/mol. The number of nitrogens with zero attached hydrogens (tertiary/aromatic N) is 2. The molecule has 0 unspecified atom stereocenters. The number of benzene rings is 2. The maximum Gasteiger partial charge on any atom is 0.234 e. The van der Waals surface area contributed by atoms with Crippen molar-refractivity contribution in [1.82, 2.24) is 10.2 Å². The van der Waals surface area contributed by atoms with Crippen LogP contribution in [0.5, 0.6) is 0 Å². The van der Waals surface area contributed by atoms with Gasteiger partial charge in [0.1, 0.15) is 10.8 Å². The van der Waals surface area contributed by atoms with Gasteiger partial charge in [-0.2, -0.15) is 0 Å². The standard InChI is InChI=1S/C18H13BrFN3O3S2/c19-12-3-1-5-14(9-12)21-16(24)11-27-17-7-8-18(23-22-17)28(25,26)15-6-2-4-13(20)10-15/h1-10H,11H2,(H,21,24). The van der Waals surface area contributed by atoms with Crippen LogP contribution in [-0.4, -0.2) is 30.3 Å². The third-order valence-electron chi connectivity index (χ3n) is 3.46. The van der Waals surface area contributed by atoms with Crippen LogP contribution in [0.25, 0.3) is 0 Å². The largest absolute Gasteiger partial charge is 0.325 e. The fraction of sp³-hybridized carbons (Fsp3) is 0.0556. The molecule has 144 valence electrons. The minimum Gasteiger partial charge on any atom is -0.325 e. The summed E-state index contributed by atoms with van der Waals surface area (Å²) in [4.78, 5) is 11.8. The van der Waals surface area contributed by atoms with Crippen LogP contribution in [-0.2, 0) is 14.6 Å². The molecule has 0 aliphatic rings. The number of sulfone groups is 1. The van der Waals surface area contributed by atoms with E-state index in [1.807, 2.05) is 6.07 Å². The second kappa shape index (κ2) is 8.80. The molecule has 0 aliphatic heterocycles. The molecule has 2 aromatic carbocycles. The fourth-order valence-electron chi connectivity index (χ4n) is 2.19. The highest BCUT2D eigenvalue weighted by Crippen LogP contribution is 2.22. The lowest BCUT2D eigenvalue weighted by atomic mass is 10.3. The molecule has 0 aliphatic carbocycles. The van der Waals surface area contributed by atoms with Crippen molar-refractivity contribution >= 4 is 49.1 Å². The molecule has 1 heterocycles. The SMILES string of the molecule is O=C(CSc1ccc(S(=O)(=O)c2cccc(F)c2)nn1)Nc1cccc(Br)c1. The summed E-state index contributed by atoms with van der Waals surface area (Å²) in [6.07, 6.45) is 0. The summed E-state index contributed by atoms with van der Waals surface area (Å²) in [6, 6.07) is 14.6. The Kier molecular flexibility index (Phi) is 6.42. The zero-order valence-corrected chi connectivity index (χ0v) is 17.4. The number of rotatable bonds is 6. The van der Waals surface area contributed by atoms with Gasteiger partial charge in [0.05, 0.1) is 10.6 Å². The minimum absolute atomic E-state index is 0.0805. The lowest BCUT2D eigenvalue weighted by Gasteiger charge is -2.06. The van der Waals surface area contributed by atoms with E-state index in [1.165, 1.54) is 24.3 Å². The lowest BCUT2D eigenvalue weighted by molar-refractivity contribution is -0.113. The molecule has 6 nitrogen and oxygen atoms in total. The Hall–Kier alpha value is -2.30. The van der Waals surface area contributed by atoms with Crippen molar-refractivity contribution in [3.05, 3.63) is 71.0 Å². The van der Waals surface area contributed by atoms with Gasteiger partial charge in [-0.1, -0.05) is 39.8 Å². The van der Waals surface area contributed by atoms with Crippen LogP contribution in [0, 0.1) is 5.82 Å². The maximum absolute atomic E-state index is 13.3. The van der Waals surface area contributed by atoms with Crippen LogP contribution in [0.2, 0.25) is 0 Å². The van der Waals surface area contributed by atoms with E-state index in [2.05, 4.69) is 31.4 Å². The Morgan fingerprint density at radius 2 is 1.86 bits per heavy atom. The van der Waals surface area contributed by atoms with E-state index in [0.717, 1.165) is 28.4 Å². The van der Waals surface area contributed by atoms with Gasteiger partial charge in [-0.15, -0.1) is 10.2 Å². The summed E-state index contributed by atoms with van der Waals surface area (Å²) in [7, 11) is -3.96. The van der Waals surface area contributed by atoms with Gasteiger partial charge in [0.25, 0.3) is 0 Å². The molecule has 0 saturated heterocycles. The first kappa shape index (κ1) is 20.4. The van der Waals surface area contributed by atoms with Crippen LogP contribution in [0.15, 0.2) is 80.1 Å². The first-order valence-electron chi connectivity index (χ1n) is 7.87. The van der Waals surface area contributed by atoms with Gasteiger partial charge in [-0.3, -0.25) is 4.79 Å². The number of carbonyl (C=O) groups excluding carboxylic acids is 1. The number of nitrogens with one attached hydrogen (secondary N) is 1. The van der Waals surface area contributed by atoms with Crippen molar-refractivity contribution in [2.75, 3.05) is 11.1 Å². The Morgan fingerprint density at radius 1 is 1.07 bits per heavy atom. The van der Waals surface area contributed by atoms with E-state index in [4.69, 9.17) is 0 Å². The number of hydrogen-bond donors (Lipinski definition) is 1. The first-order valence-corrected chi connectivity index (χ1v) is 11.1. The van der Waals surface area contributed by atoms with Gasteiger partial charge in [-0.05, 0) is 48.5 Å². The number of aromatic nitrogens is 2. The molecule has 0 saturated carbocycles. The number of carbonyl (C=O) groups is 1. The second-order valence-electron chi connectivity index (χ2n) is 5.52. The smallest absolute Gasteiger partial charge is 0.234 e. The highest BCUT2D eigenvalue weighted by Gasteiger charge is 2.20. The summed E-state index contributed by atoms with van der Waals surface area (Å²) in [5.41, 5.74) is 0.655. The van der Waals surface area contributed by atoms with E-state index in [9.17, 15) is 17.6 Å². The quantitative estimate of drug-likeness (QED) is 0.536. The lowest BCUT2D eigenvalue weighted by Crippen LogP contribution is -2.14. The van der Waals surface area contributed by atoms with Crippen LogP contribution in [0.4, 0.5) is 10.1 Å². The van der Waals surface area contributed by atoms with Crippen molar-refractivity contribution < 1.29 is 17.6 Å². The summed E-state index contributed by atoms with van der Waals surface area (Å²) < 4.78 is 39.0. The van der Waals surface area contributed by atoms with E-state index in [1.54, 1.807) is 18.2 Å². The predicted octanol–water partition coefficient (Wildman–Crippen LogP) is 3.94. The van der Waals surface area contributed by atoms with Crippen LogP contribution < -0.4 is 5.32 Å². The number of amides is 1. The number of halogens is 2. The van der Waals surface area contributed by atoms with Crippen LogP contribution in [0.3, 0.4) is 0 Å². The molecule has 0 fully saturated rings. The summed E-state index contributed by atoms with van der Waals surface area (Å²) >= 11 is 4.44. The minimum atomic E-state index is -3.96. The van der Waals surface area contributed by atoms with Crippen LogP contribution in [0.1, 0.15) is 0 Å². The predicted molar refractivity (Wildman–Crippen MR) is 107 cm³/mol. The molecule has 10 heteroatoms. The van der Waals surface area contributed by atoms with Gasteiger partial charge < -0.3 is 5.32 Å². The molecule has 0 atom stereocenters. The van der Waals surface area contributed by atoms with Crippen molar-refractivity contribution in [1.29, 1.82) is 0 Å². The normalized spacial score (nSPS) is 11.2. The van der Waals surface area contributed by atoms with Gasteiger partial charge in [0, 0.05) is 10.2 Å². The van der Waals surface area contributed by atoms with Gasteiger partial charge in [0.2, 0.25) is 15.7 Å². The van der Waals surface area contributed by atoms with E-state index >= 15 is 0 Å². The third kappa shape index (κ3) is 5.15. The Morgan fingerprint density at radius 3 is 2.54 bits per heavy atom. The molecule has 3 aromatic rings. The molecule has 1 amide bonds. The molecule has 0 radical (unpaired) electrons. The van der Waals surface area contributed by atoms with E-state index < -0.39 is 15.7 Å². The van der Waals surface area contributed by atoms with Crippen molar-refractivity contribution in [3.63, 3.8) is 0 Å². The van der Waals surface area contributed by atoms with E-state index in [0.29, 0.717) is 10.7 Å². The number of thioether (sulfide) groups is 1. The first-order chi connectivity index (χ1) is 13.3. The molecule has 28 heavy (non-hydrogen) atoms. The summed E-state index contributed by atoms with van der Waals surface area (Å²) in [6.45, 7) is 0. The van der Waals surface area contributed by atoms with Crippen LogP contribution >= 0.6 is 27.7 Å². The van der Waals surface area contributed by atoms with Gasteiger partial charge in [-0.25, -0.2) is 12.8 Å².